The lowest BCUT2D eigenvalue weighted by Gasteiger charge is -2.17. The molecule has 0 spiro atoms. The van der Waals surface area contributed by atoms with E-state index in [0.717, 1.165) is 5.69 Å². The van der Waals surface area contributed by atoms with E-state index in [2.05, 4.69) is 5.32 Å². The molecule has 1 amide bonds. The van der Waals surface area contributed by atoms with E-state index < -0.39 is 6.09 Å². The molecule has 1 aromatic rings. The molecule has 0 saturated carbocycles. The molecule has 0 heterocycles. The van der Waals surface area contributed by atoms with E-state index >= 15 is 0 Å². The van der Waals surface area contributed by atoms with Crippen LogP contribution >= 0.6 is 11.6 Å². The van der Waals surface area contributed by atoms with Gasteiger partial charge in [0, 0.05) is 19.1 Å². The Morgan fingerprint density at radius 2 is 2.19 bits per heavy atom. The van der Waals surface area contributed by atoms with Crippen molar-refractivity contribution in [1.29, 1.82) is 0 Å². The Morgan fingerprint density at radius 3 is 2.75 bits per heavy atom. The number of benzene rings is 1. The first kappa shape index (κ1) is 12.6. The van der Waals surface area contributed by atoms with Crippen molar-refractivity contribution in [2.45, 2.75) is 6.92 Å². The molecule has 0 fully saturated rings. The lowest BCUT2D eigenvalue weighted by Crippen LogP contribution is -2.17. The fourth-order valence-corrected chi connectivity index (χ4v) is 1.45. The molecule has 1 aromatic carbocycles. The van der Waals surface area contributed by atoms with Gasteiger partial charge >= 0.3 is 6.09 Å². The molecule has 0 bridgehead atoms. The minimum atomic E-state index is -0.479. The van der Waals surface area contributed by atoms with Gasteiger partial charge in [0.1, 0.15) is 0 Å². The Hall–Kier alpha value is -1.42. The molecular formula is C11H15ClN2O2. The molecule has 1 N–H and O–H groups in total. The summed E-state index contributed by atoms with van der Waals surface area (Å²) in [5.74, 6) is 0. The number of carbonyl (C=O) groups excluding carboxylic acids is 1. The molecule has 16 heavy (non-hydrogen) atoms. The molecule has 0 aliphatic rings. The average molecular weight is 243 g/mol. The molecular weight excluding hydrogens is 228 g/mol. The maximum absolute atomic E-state index is 11.3. The Balaban J connectivity index is 2.92. The van der Waals surface area contributed by atoms with Crippen LogP contribution in [0.5, 0.6) is 0 Å². The molecule has 0 aliphatic heterocycles. The van der Waals surface area contributed by atoms with Crippen molar-refractivity contribution in [3.63, 3.8) is 0 Å². The first-order valence-electron chi connectivity index (χ1n) is 4.95. The third-order valence-corrected chi connectivity index (χ3v) is 2.19. The second-order valence-corrected chi connectivity index (χ2v) is 3.84. The van der Waals surface area contributed by atoms with Crippen LogP contribution in [0.1, 0.15) is 6.92 Å². The second-order valence-electron chi connectivity index (χ2n) is 3.40. The zero-order valence-electron chi connectivity index (χ0n) is 9.58. The first-order valence-corrected chi connectivity index (χ1v) is 5.33. The number of ether oxygens (including phenoxy) is 1. The highest BCUT2D eigenvalue weighted by Crippen LogP contribution is 2.27. The minimum Gasteiger partial charge on any atom is -0.450 e. The number of anilines is 2. The number of nitrogens with zero attached hydrogens (tertiary/aromatic N) is 1. The summed E-state index contributed by atoms with van der Waals surface area (Å²) in [6.45, 7) is 2.09. The van der Waals surface area contributed by atoms with E-state index in [0.29, 0.717) is 17.3 Å². The van der Waals surface area contributed by atoms with Crippen LogP contribution in [-0.2, 0) is 4.74 Å². The van der Waals surface area contributed by atoms with Crippen molar-refractivity contribution in [2.24, 2.45) is 0 Å². The summed E-state index contributed by atoms with van der Waals surface area (Å²) >= 11 is 5.87. The molecule has 0 aromatic heterocycles. The molecule has 0 atom stereocenters. The van der Waals surface area contributed by atoms with Gasteiger partial charge in [-0.15, -0.1) is 0 Å². The Kier molecular flexibility index (Phi) is 4.43. The topological polar surface area (TPSA) is 41.6 Å². The van der Waals surface area contributed by atoms with E-state index in [9.17, 15) is 4.79 Å². The Bertz CT molecular complexity index is 380. The zero-order valence-corrected chi connectivity index (χ0v) is 10.3. The zero-order chi connectivity index (χ0) is 12.1. The predicted octanol–water partition coefficient (Wildman–Crippen LogP) is 2.97. The van der Waals surface area contributed by atoms with E-state index in [-0.39, 0.29) is 0 Å². The standard InChI is InChI=1S/C11H15ClN2O2/c1-4-16-11(15)13-9-7-8(12)5-6-10(9)14(2)3/h5-7H,4H2,1-3H3,(H,13,15). The molecule has 0 saturated heterocycles. The van der Waals surface area contributed by atoms with Gasteiger partial charge in [0.15, 0.2) is 0 Å². The normalized spacial score (nSPS) is 9.75. The molecule has 88 valence electrons. The van der Waals surface area contributed by atoms with Crippen LogP contribution in [-0.4, -0.2) is 26.8 Å². The van der Waals surface area contributed by atoms with Crippen LogP contribution in [0.25, 0.3) is 0 Å². The lowest BCUT2D eigenvalue weighted by molar-refractivity contribution is 0.168. The van der Waals surface area contributed by atoms with Gasteiger partial charge in [0.25, 0.3) is 0 Å². The summed E-state index contributed by atoms with van der Waals surface area (Å²) < 4.78 is 4.81. The summed E-state index contributed by atoms with van der Waals surface area (Å²) in [5, 5.41) is 3.21. The van der Waals surface area contributed by atoms with Gasteiger partial charge in [-0.1, -0.05) is 11.6 Å². The lowest BCUT2D eigenvalue weighted by atomic mass is 10.2. The fourth-order valence-electron chi connectivity index (χ4n) is 1.28. The third-order valence-electron chi connectivity index (χ3n) is 1.95. The summed E-state index contributed by atoms with van der Waals surface area (Å²) in [6.07, 6.45) is -0.479. The van der Waals surface area contributed by atoms with Gasteiger partial charge in [-0.25, -0.2) is 4.79 Å². The van der Waals surface area contributed by atoms with Crippen LogP contribution in [0, 0.1) is 0 Å². The molecule has 0 aliphatic carbocycles. The van der Waals surface area contributed by atoms with Crippen LogP contribution in [0.3, 0.4) is 0 Å². The summed E-state index contributed by atoms with van der Waals surface area (Å²) in [5.41, 5.74) is 1.51. The number of amides is 1. The average Bonchev–Trinajstić information content (AvgIpc) is 2.17. The summed E-state index contributed by atoms with van der Waals surface area (Å²) in [6, 6.07) is 5.30. The van der Waals surface area contributed by atoms with E-state index in [1.807, 2.05) is 25.1 Å². The highest BCUT2D eigenvalue weighted by Gasteiger charge is 2.09. The third kappa shape index (κ3) is 3.31. The van der Waals surface area contributed by atoms with Gasteiger partial charge in [-0.05, 0) is 25.1 Å². The van der Waals surface area contributed by atoms with E-state index in [1.54, 1.807) is 19.1 Å². The number of hydrogen-bond donors (Lipinski definition) is 1. The highest BCUT2D eigenvalue weighted by atomic mass is 35.5. The maximum atomic E-state index is 11.3. The van der Waals surface area contributed by atoms with Gasteiger partial charge in [0.2, 0.25) is 0 Å². The quantitative estimate of drug-likeness (QED) is 0.886. The van der Waals surface area contributed by atoms with E-state index in [4.69, 9.17) is 16.3 Å². The van der Waals surface area contributed by atoms with Gasteiger partial charge in [-0.2, -0.15) is 0 Å². The molecule has 4 nitrogen and oxygen atoms in total. The maximum Gasteiger partial charge on any atom is 0.411 e. The fraction of sp³-hybridized carbons (Fsp3) is 0.364. The van der Waals surface area contributed by atoms with Crippen LogP contribution in [0.2, 0.25) is 5.02 Å². The SMILES string of the molecule is CCOC(=O)Nc1cc(Cl)ccc1N(C)C. The number of nitrogens with one attached hydrogen (secondary N) is 1. The smallest absolute Gasteiger partial charge is 0.411 e. The largest absolute Gasteiger partial charge is 0.450 e. The number of halogens is 1. The molecule has 0 unspecified atom stereocenters. The predicted molar refractivity (Wildman–Crippen MR) is 66.4 cm³/mol. The summed E-state index contributed by atoms with van der Waals surface area (Å²) in [4.78, 5) is 13.2. The van der Waals surface area contributed by atoms with Crippen LogP contribution < -0.4 is 10.2 Å². The van der Waals surface area contributed by atoms with Crippen LogP contribution in [0.4, 0.5) is 16.2 Å². The highest BCUT2D eigenvalue weighted by molar-refractivity contribution is 6.31. The van der Waals surface area contributed by atoms with Crippen LogP contribution in [0.15, 0.2) is 18.2 Å². The van der Waals surface area contributed by atoms with Gasteiger partial charge < -0.3 is 9.64 Å². The van der Waals surface area contributed by atoms with Gasteiger partial charge in [-0.3, -0.25) is 5.32 Å². The monoisotopic (exact) mass is 242 g/mol. The van der Waals surface area contributed by atoms with Crippen molar-refractivity contribution in [3.05, 3.63) is 23.2 Å². The van der Waals surface area contributed by atoms with Crippen molar-refractivity contribution in [2.75, 3.05) is 30.9 Å². The van der Waals surface area contributed by atoms with Crippen molar-refractivity contribution in [1.82, 2.24) is 0 Å². The number of hydrogen-bond acceptors (Lipinski definition) is 3. The van der Waals surface area contributed by atoms with E-state index in [1.165, 1.54) is 0 Å². The van der Waals surface area contributed by atoms with Gasteiger partial charge in [0.05, 0.1) is 18.0 Å². The Labute approximate surface area is 100 Å². The van der Waals surface area contributed by atoms with Crippen molar-refractivity contribution < 1.29 is 9.53 Å². The van der Waals surface area contributed by atoms with Crippen molar-refractivity contribution in [3.8, 4) is 0 Å². The molecule has 1 rings (SSSR count). The molecule has 5 heteroatoms. The minimum absolute atomic E-state index is 0.337. The number of rotatable bonds is 3. The Morgan fingerprint density at radius 1 is 1.50 bits per heavy atom. The first-order chi connectivity index (χ1) is 7.54. The molecule has 0 radical (unpaired) electrons. The van der Waals surface area contributed by atoms with Crippen molar-refractivity contribution >= 4 is 29.1 Å². The second kappa shape index (κ2) is 5.61. The number of carbonyl (C=O) groups is 1. The summed E-state index contributed by atoms with van der Waals surface area (Å²) in [7, 11) is 3.78.